The Morgan fingerprint density at radius 1 is 1.11 bits per heavy atom. The van der Waals surface area contributed by atoms with Crippen molar-refractivity contribution in [3.8, 4) is 11.5 Å². The van der Waals surface area contributed by atoms with Crippen molar-refractivity contribution in [2.45, 2.75) is 12.8 Å². The first-order valence-electron chi connectivity index (χ1n) is 8.78. The Morgan fingerprint density at radius 3 is 2.64 bits per heavy atom. The number of hydrogen-bond donors (Lipinski definition) is 1. The van der Waals surface area contributed by atoms with E-state index in [1.165, 1.54) is 18.2 Å². The number of methoxy groups -OCH3 is 2. The van der Waals surface area contributed by atoms with E-state index >= 15 is 0 Å². The van der Waals surface area contributed by atoms with Gasteiger partial charge in [0.2, 0.25) is 0 Å². The zero-order chi connectivity index (χ0) is 19.8. The van der Waals surface area contributed by atoms with E-state index < -0.39 is 5.97 Å². The maximum atomic E-state index is 12.9. The summed E-state index contributed by atoms with van der Waals surface area (Å²) in [7, 11) is 3.19. The van der Waals surface area contributed by atoms with Gasteiger partial charge in [0.25, 0.3) is 0 Å². The van der Waals surface area contributed by atoms with Gasteiger partial charge in [0.05, 0.1) is 25.2 Å². The topological polar surface area (TPSA) is 86.0 Å². The molecular weight excluding hydrogens is 360 g/mol. The highest BCUT2D eigenvalue weighted by Crippen LogP contribution is 2.36. The van der Waals surface area contributed by atoms with Crippen LogP contribution in [0, 0.1) is 0 Å². The van der Waals surface area contributed by atoms with E-state index in [0.29, 0.717) is 46.6 Å². The number of aromatic carboxylic acids is 1. The lowest BCUT2D eigenvalue weighted by atomic mass is 10.1. The second kappa shape index (κ2) is 6.88. The molecule has 6 heteroatoms. The predicted molar refractivity (Wildman–Crippen MR) is 105 cm³/mol. The third-order valence-electron chi connectivity index (χ3n) is 4.93. The number of carboxylic acids is 1. The minimum Gasteiger partial charge on any atom is -0.497 e. The van der Waals surface area contributed by atoms with Gasteiger partial charge in [-0.2, -0.15) is 0 Å². The quantitative estimate of drug-likeness (QED) is 0.739. The summed E-state index contributed by atoms with van der Waals surface area (Å²) in [6.07, 6.45) is 3.13. The zero-order valence-corrected chi connectivity index (χ0v) is 15.4. The summed E-state index contributed by atoms with van der Waals surface area (Å²) in [5.41, 5.74) is 2.55. The Hall–Kier alpha value is -3.54. The zero-order valence-electron chi connectivity index (χ0n) is 15.4. The Bertz CT molecular complexity index is 1190. The van der Waals surface area contributed by atoms with Crippen LogP contribution in [0.15, 0.2) is 45.6 Å². The molecule has 0 saturated heterocycles. The van der Waals surface area contributed by atoms with Gasteiger partial charge in [0, 0.05) is 11.1 Å². The summed E-state index contributed by atoms with van der Waals surface area (Å²) in [5, 5.41) is 9.45. The van der Waals surface area contributed by atoms with E-state index in [0.717, 1.165) is 11.1 Å². The molecule has 4 rings (SSSR count). The van der Waals surface area contributed by atoms with E-state index in [4.69, 9.17) is 19.0 Å². The normalized spacial score (nSPS) is 14.3. The highest BCUT2D eigenvalue weighted by molar-refractivity contribution is 5.94. The van der Waals surface area contributed by atoms with Crippen LogP contribution in [-0.2, 0) is 6.42 Å². The van der Waals surface area contributed by atoms with Crippen LogP contribution in [0.3, 0.4) is 0 Å². The molecule has 6 nitrogen and oxygen atoms in total. The summed E-state index contributed by atoms with van der Waals surface area (Å²) in [4.78, 5) is 24.1. The van der Waals surface area contributed by atoms with Gasteiger partial charge in [-0.15, -0.1) is 0 Å². The van der Waals surface area contributed by atoms with E-state index in [1.807, 2.05) is 24.3 Å². The number of carbonyl (C=O) groups is 1. The van der Waals surface area contributed by atoms with Crippen molar-refractivity contribution in [2.75, 3.05) is 14.2 Å². The van der Waals surface area contributed by atoms with Gasteiger partial charge in [-0.1, -0.05) is 0 Å². The fourth-order valence-corrected chi connectivity index (χ4v) is 3.50. The summed E-state index contributed by atoms with van der Waals surface area (Å²) in [6.45, 7) is 0. The average molecular weight is 378 g/mol. The predicted octanol–water partition coefficient (Wildman–Crippen LogP) is 4.00. The molecule has 0 atom stereocenters. The third-order valence-corrected chi connectivity index (χ3v) is 4.93. The minimum atomic E-state index is -1.08. The minimum absolute atomic E-state index is 0.0645. The first-order valence-corrected chi connectivity index (χ1v) is 8.78. The molecule has 142 valence electrons. The second-order valence-corrected chi connectivity index (χ2v) is 6.53. The molecule has 0 spiro atoms. The molecule has 2 aromatic carbocycles. The second-order valence-electron chi connectivity index (χ2n) is 6.53. The number of rotatable bonds is 4. The van der Waals surface area contributed by atoms with Crippen LogP contribution in [-0.4, -0.2) is 25.3 Å². The largest absolute Gasteiger partial charge is 0.497 e. The van der Waals surface area contributed by atoms with Gasteiger partial charge in [0.15, 0.2) is 5.43 Å². The highest BCUT2D eigenvalue weighted by Gasteiger charge is 2.24. The van der Waals surface area contributed by atoms with Crippen LogP contribution in [0.1, 0.15) is 33.7 Å². The monoisotopic (exact) mass is 378 g/mol. The van der Waals surface area contributed by atoms with Gasteiger partial charge in [-0.3, -0.25) is 4.79 Å². The summed E-state index contributed by atoms with van der Waals surface area (Å²) >= 11 is 0. The number of fused-ring (bicyclic) bond motifs is 2. The smallest absolute Gasteiger partial charge is 0.335 e. The van der Waals surface area contributed by atoms with Crippen molar-refractivity contribution >= 4 is 28.6 Å². The molecule has 1 N–H and O–H groups in total. The van der Waals surface area contributed by atoms with Crippen LogP contribution in [0.5, 0.6) is 11.5 Å². The van der Waals surface area contributed by atoms with Crippen molar-refractivity contribution in [1.29, 1.82) is 0 Å². The van der Waals surface area contributed by atoms with E-state index in [1.54, 1.807) is 14.2 Å². The number of ether oxygens (including phenoxy) is 2. The lowest BCUT2D eigenvalue weighted by Crippen LogP contribution is -2.09. The van der Waals surface area contributed by atoms with Crippen LogP contribution >= 0.6 is 0 Å². The summed E-state index contributed by atoms with van der Waals surface area (Å²) < 4.78 is 16.7. The molecule has 3 aromatic rings. The van der Waals surface area contributed by atoms with E-state index in [2.05, 4.69) is 0 Å². The highest BCUT2D eigenvalue weighted by atomic mass is 16.5. The third kappa shape index (κ3) is 2.93. The Labute approximate surface area is 160 Å². The first-order chi connectivity index (χ1) is 13.5. The molecule has 0 aliphatic heterocycles. The van der Waals surface area contributed by atoms with Gasteiger partial charge in [-0.25, -0.2) is 4.79 Å². The fraction of sp³-hybridized carbons (Fsp3) is 0.182. The van der Waals surface area contributed by atoms with Crippen LogP contribution in [0.25, 0.3) is 22.6 Å². The van der Waals surface area contributed by atoms with Crippen LogP contribution < -0.4 is 14.9 Å². The van der Waals surface area contributed by atoms with Gasteiger partial charge < -0.3 is 19.0 Å². The van der Waals surface area contributed by atoms with Crippen molar-refractivity contribution < 1.29 is 23.8 Å². The van der Waals surface area contributed by atoms with E-state index in [9.17, 15) is 9.59 Å². The number of allylic oxidation sites excluding steroid dienone is 1. The maximum Gasteiger partial charge on any atom is 0.335 e. The molecule has 1 heterocycles. The molecule has 28 heavy (non-hydrogen) atoms. The number of hydrogen-bond acceptors (Lipinski definition) is 5. The average Bonchev–Trinajstić information content (AvgIpc) is 3.10. The Morgan fingerprint density at radius 2 is 1.93 bits per heavy atom. The molecule has 0 fully saturated rings. The van der Waals surface area contributed by atoms with Crippen molar-refractivity contribution in [3.63, 3.8) is 0 Å². The fourth-order valence-electron chi connectivity index (χ4n) is 3.50. The lowest BCUT2D eigenvalue weighted by Gasteiger charge is -2.09. The SMILES string of the molecule is COc1ccc(OC)c(C=C2CCc3c2oc2ccc(C(=O)O)cc2c3=O)c1. The maximum absolute atomic E-state index is 12.9. The number of carboxylic acid groups (broad SMARTS) is 1. The first kappa shape index (κ1) is 17.9. The van der Waals surface area contributed by atoms with Crippen LogP contribution in [0.2, 0.25) is 0 Å². The molecule has 0 saturated carbocycles. The Kier molecular flexibility index (Phi) is 4.39. The molecular formula is C22H18O6. The van der Waals surface area contributed by atoms with Crippen molar-refractivity contribution in [2.24, 2.45) is 0 Å². The molecule has 1 aromatic heterocycles. The molecule has 0 radical (unpaired) electrons. The summed E-state index contributed by atoms with van der Waals surface area (Å²) in [6, 6.07) is 9.84. The standard InChI is InChI=1S/C22H18O6/c1-26-15-5-8-18(27-2)14(10-15)9-12-3-6-16-20(23)17-11-13(22(24)25)4-7-19(17)28-21(12)16/h4-5,7-11H,3,6H2,1-2H3,(H,24,25). The molecule has 1 aliphatic rings. The van der Waals surface area contributed by atoms with Gasteiger partial charge in [-0.05, 0) is 60.9 Å². The van der Waals surface area contributed by atoms with Gasteiger partial charge >= 0.3 is 5.97 Å². The summed E-state index contributed by atoms with van der Waals surface area (Å²) in [5.74, 6) is 0.862. The van der Waals surface area contributed by atoms with Crippen molar-refractivity contribution in [1.82, 2.24) is 0 Å². The Balaban J connectivity index is 1.87. The van der Waals surface area contributed by atoms with Crippen LogP contribution in [0.4, 0.5) is 0 Å². The molecule has 0 unspecified atom stereocenters. The molecule has 1 aliphatic carbocycles. The van der Waals surface area contributed by atoms with Gasteiger partial charge in [0.1, 0.15) is 22.8 Å². The lowest BCUT2D eigenvalue weighted by molar-refractivity contribution is 0.0697. The van der Waals surface area contributed by atoms with E-state index in [-0.39, 0.29) is 11.0 Å². The van der Waals surface area contributed by atoms with Crippen molar-refractivity contribution in [3.05, 3.63) is 69.1 Å². The molecule has 0 bridgehead atoms. The number of benzene rings is 2. The molecule has 0 amide bonds.